The van der Waals surface area contributed by atoms with Crippen LogP contribution in [0, 0.1) is 28.6 Å². The molecule has 3 saturated carbocycles. The molecule has 0 aromatic rings. The van der Waals surface area contributed by atoms with Crippen LogP contribution in [0.3, 0.4) is 0 Å². The molecule has 4 aliphatic carbocycles. The smallest absolute Gasteiger partial charge is 0.302 e. The molecule has 4 nitrogen and oxygen atoms in total. The molecule has 0 amide bonds. The van der Waals surface area contributed by atoms with E-state index >= 15 is 0 Å². The third kappa shape index (κ3) is 3.75. The van der Waals surface area contributed by atoms with Gasteiger partial charge in [0.2, 0.25) is 0 Å². The minimum atomic E-state index is -2.21. The van der Waals surface area contributed by atoms with Crippen LogP contribution in [0.1, 0.15) is 86.0 Å². The minimum absolute atomic E-state index is 0.0530. The van der Waals surface area contributed by atoms with Gasteiger partial charge in [-0.25, -0.2) is 0 Å². The Balaban J connectivity index is 1.65. The molecule has 1 unspecified atom stereocenters. The molecule has 4 aliphatic rings. The van der Waals surface area contributed by atoms with Crippen LogP contribution >= 0.6 is 0 Å². The Morgan fingerprint density at radius 3 is 2.53 bits per heavy atom. The number of hydrogen-bond acceptors (Lipinski definition) is 4. The van der Waals surface area contributed by atoms with Crippen molar-refractivity contribution in [2.75, 3.05) is 6.61 Å². The van der Waals surface area contributed by atoms with Crippen molar-refractivity contribution in [1.82, 2.24) is 0 Å². The van der Waals surface area contributed by atoms with Crippen LogP contribution in [-0.4, -0.2) is 32.8 Å². The summed E-state index contributed by atoms with van der Waals surface area (Å²) in [6.07, 6.45) is 11.6. The number of carbonyl (C=O) groups excluding carboxylic acids is 2. The Bertz CT molecular complexity index is 814. The van der Waals surface area contributed by atoms with Gasteiger partial charge in [-0.15, -0.1) is 0 Å². The molecule has 0 aliphatic heterocycles. The van der Waals surface area contributed by atoms with Crippen LogP contribution < -0.4 is 0 Å². The summed E-state index contributed by atoms with van der Waals surface area (Å²) in [5, 5.41) is -0.184. The zero-order valence-electron chi connectivity index (χ0n) is 21.4. The molecule has 0 bridgehead atoms. The summed E-state index contributed by atoms with van der Waals surface area (Å²) < 4.78 is 12.6. The van der Waals surface area contributed by atoms with E-state index in [1.54, 1.807) is 0 Å². The molecule has 4 rings (SSSR count). The Kier molecular flexibility index (Phi) is 6.10. The lowest BCUT2D eigenvalue weighted by molar-refractivity contribution is -0.142. The number of fused-ring (bicyclic) bond motifs is 5. The summed E-state index contributed by atoms with van der Waals surface area (Å²) in [5.41, 5.74) is 1.65. The molecule has 180 valence electrons. The van der Waals surface area contributed by atoms with E-state index in [2.05, 4.69) is 46.9 Å². The van der Waals surface area contributed by atoms with E-state index in [-0.39, 0.29) is 28.4 Å². The number of carbonyl (C=O) groups is 2. The molecule has 0 N–H and O–H groups in total. The van der Waals surface area contributed by atoms with Gasteiger partial charge in [0.05, 0.1) is 12.7 Å². The minimum Gasteiger partial charge on any atom is -0.466 e. The third-order valence-corrected chi connectivity index (χ3v) is 14.7. The fourth-order valence-electron chi connectivity index (χ4n) is 7.58. The fourth-order valence-corrected chi connectivity index (χ4v) is 9.39. The summed E-state index contributed by atoms with van der Waals surface area (Å²) in [6.45, 7) is 15.7. The van der Waals surface area contributed by atoms with Gasteiger partial charge in [0.25, 0.3) is 0 Å². The van der Waals surface area contributed by atoms with Gasteiger partial charge in [0.15, 0.2) is 14.1 Å². The van der Waals surface area contributed by atoms with Crippen LogP contribution in [0.15, 0.2) is 11.6 Å². The first kappa shape index (κ1) is 24.2. The van der Waals surface area contributed by atoms with Gasteiger partial charge >= 0.3 is 5.97 Å². The number of allylic oxidation sites excluding steroid dienone is 1. The van der Waals surface area contributed by atoms with Crippen molar-refractivity contribution in [3.8, 4) is 0 Å². The van der Waals surface area contributed by atoms with Crippen LogP contribution in [0.25, 0.3) is 0 Å². The fraction of sp³-hybridized carbons (Fsp3) is 0.852. The summed E-state index contributed by atoms with van der Waals surface area (Å²) in [4.78, 5) is 24.9. The van der Waals surface area contributed by atoms with E-state index in [0.717, 1.165) is 25.7 Å². The van der Waals surface area contributed by atoms with Crippen molar-refractivity contribution in [3.63, 3.8) is 0 Å². The Labute approximate surface area is 196 Å². The van der Waals surface area contributed by atoms with E-state index in [9.17, 15) is 9.59 Å². The standard InChI is InChI=1S/C27H44O4Si/c1-18(28)30-17-25(2,3)32(6,7)31-23-12-8-10-19-16-22(29)24-20-11-9-14-26(20,4)15-13-21(24)27(19,23)5/h16,20-21,23-24H,8-15,17H2,1-7H3/t20-,21-,23?,24-,26-,27-/m0/s1. The number of esters is 1. The molecule has 6 atom stereocenters. The van der Waals surface area contributed by atoms with Gasteiger partial charge in [-0.3, -0.25) is 9.59 Å². The summed E-state index contributed by atoms with van der Waals surface area (Å²) >= 11 is 0. The van der Waals surface area contributed by atoms with Crippen LogP contribution in [-0.2, 0) is 18.8 Å². The number of rotatable bonds is 5. The molecule has 3 fully saturated rings. The summed E-state index contributed by atoms with van der Waals surface area (Å²) in [6, 6.07) is 0. The Morgan fingerprint density at radius 1 is 1.12 bits per heavy atom. The number of ether oxygens (including phenoxy) is 1. The lowest BCUT2D eigenvalue weighted by atomic mass is 9.47. The maximum Gasteiger partial charge on any atom is 0.302 e. The van der Waals surface area contributed by atoms with Crippen molar-refractivity contribution in [1.29, 1.82) is 0 Å². The lowest BCUT2D eigenvalue weighted by Crippen LogP contribution is -2.59. The van der Waals surface area contributed by atoms with Gasteiger partial charge < -0.3 is 9.16 Å². The average molecular weight is 461 g/mol. The van der Waals surface area contributed by atoms with E-state index in [1.807, 2.05) is 0 Å². The SMILES string of the molecule is CC(=O)OCC(C)(C)[Si](C)(C)OC1CCCC2=CC(=O)[C@H]3[C@@H]4CCC[C@@]4(C)CC[C@@H]3[C@]21C. The monoisotopic (exact) mass is 460 g/mol. The van der Waals surface area contributed by atoms with Gasteiger partial charge in [-0.2, -0.15) is 0 Å². The summed E-state index contributed by atoms with van der Waals surface area (Å²) in [5.74, 6) is 1.29. The highest BCUT2D eigenvalue weighted by Crippen LogP contribution is 2.64. The van der Waals surface area contributed by atoms with Crippen molar-refractivity contribution in [2.24, 2.45) is 28.6 Å². The second-order valence-electron chi connectivity index (χ2n) is 12.9. The third-order valence-electron chi connectivity index (χ3n) is 10.4. The van der Waals surface area contributed by atoms with Crippen molar-refractivity contribution in [3.05, 3.63) is 11.6 Å². The van der Waals surface area contributed by atoms with Gasteiger partial charge in [-0.05, 0) is 81.4 Å². The van der Waals surface area contributed by atoms with E-state index in [1.165, 1.54) is 38.2 Å². The molecule has 0 aromatic heterocycles. The molecular weight excluding hydrogens is 416 g/mol. The molecule has 0 aromatic carbocycles. The molecule has 5 heteroatoms. The van der Waals surface area contributed by atoms with Crippen LogP contribution in [0.5, 0.6) is 0 Å². The highest BCUT2D eigenvalue weighted by atomic mass is 28.4. The quantitative estimate of drug-likeness (QED) is 0.349. The highest BCUT2D eigenvalue weighted by molar-refractivity contribution is 6.74. The molecule has 32 heavy (non-hydrogen) atoms. The van der Waals surface area contributed by atoms with Gasteiger partial charge in [0.1, 0.15) is 0 Å². The normalized spacial score (nSPS) is 39.6. The van der Waals surface area contributed by atoms with Crippen molar-refractivity contribution < 1.29 is 18.8 Å². The van der Waals surface area contributed by atoms with Crippen molar-refractivity contribution >= 4 is 20.1 Å². The average Bonchev–Trinajstić information content (AvgIpc) is 3.09. The molecule has 0 saturated heterocycles. The first-order chi connectivity index (χ1) is 14.8. The molecule has 0 heterocycles. The molecular formula is C27H44O4Si. The van der Waals surface area contributed by atoms with Gasteiger partial charge in [-0.1, -0.05) is 39.7 Å². The first-order valence-corrected chi connectivity index (χ1v) is 15.8. The second kappa shape index (κ2) is 8.08. The maximum absolute atomic E-state index is 13.5. The zero-order chi connectivity index (χ0) is 23.5. The Hall–Kier alpha value is -0.943. The highest BCUT2D eigenvalue weighted by Gasteiger charge is 2.61. The van der Waals surface area contributed by atoms with Crippen LogP contribution in [0.4, 0.5) is 0 Å². The predicted octanol–water partition coefficient (Wildman–Crippen LogP) is 6.45. The number of hydrogen-bond donors (Lipinski definition) is 0. The van der Waals surface area contributed by atoms with E-state index < -0.39 is 8.32 Å². The molecule has 0 radical (unpaired) electrons. The van der Waals surface area contributed by atoms with Gasteiger partial charge in [0, 0.05) is 23.3 Å². The topological polar surface area (TPSA) is 52.6 Å². The maximum atomic E-state index is 13.5. The van der Waals surface area contributed by atoms with Crippen LogP contribution in [0.2, 0.25) is 18.1 Å². The first-order valence-electron chi connectivity index (χ1n) is 12.9. The Morgan fingerprint density at radius 2 is 1.84 bits per heavy atom. The zero-order valence-corrected chi connectivity index (χ0v) is 22.4. The molecule has 0 spiro atoms. The summed E-state index contributed by atoms with van der Waals surface area (Å²) in [7, 11) is -2.21. The predicted molar refractivity (Wildman–Crippen MR) is 130 cm³/mol. The lowest BCUT2D eigenvalue weighted by Gasteiger charge is -2.59. The second-order valence-corrected chi connectivity index (χ2v) is 17.5. The van der Waals surface area contributed by atoms with Crippen molar-refractivity contribution in [2.45, 2.75) is 110 Å². The van der Waals surface area contributed by atoms with E-state index in [4.69, 9.17) is 9.16 Å². The van der Waals surface area contributed by atoms with E-state index in [0.29, 0.717) is 29.6 Å². The number of ketones is 1. The largest absolute Gasteiger partial charge is 0.466 e.